The van der Waals surface area contributed by atoms with E-state index in [4.69, 9.17) is 5.73 Å². The molecular formula is C14H32N2. The van der Waals surface area contributed by atoms with E-state index in [2.05, 4.69) is 39.6 Å². The average molecular weight is 228 g/mol. The van der Waals surface area contributed by atoms with E-state index in [0.29, 0.717) is 5.92 Å². The molecule has 0 saturated heterocycles. The maximum Gasteiger partial charge on any atom is 0.0300 e. The second-order valence-electron chi connectivity index (χ2n) is 5.79. The molecule has 0 aliphatic carbocycles. The Bertz CT molecular complexity index is 168. The summed E-state index contributed by atoms with van der Waals surface area (Å²) in [6.45, 7) is 11.0. The minimum atomic E-state index is 0.192. The maximum absolute atomic E-state index is 5.96. The van der Waals surface area contributed by atoms with Crippen LogP contribution >= 0.6 is 0 Å². The quantitative estimate of drug-likeness (QED) is 0.614. The van der Waals surface area contributed by atoms with Gasteiger partial charge in [0.2, 0.25) is 0 Å². The first kappa shape index (κ1) is 15.9. The molecule has 1 unspecified atom stereocenters. The molecular weight excluding hydrogens is 196 g/mol. The fourth-order valence-corrected chi connectivity index (χ4v) is 2.15. The smallest absolute Gasteiger partial charge is 0.0300 e. The molecule has 0 rings (SSSR count). The third-order valence-electron chi connectivity index (χ3n) is 3.57. The van der Waals surface area contributed by atoms with Crippen LogP contribution in [0.5, 0.6) is 0 Å². The largest absolute Gasteiger partial charge is 0.329 e. The van der Waals surface area contributed by atoms with E-state index in [-0.39, 0.29) is 5.54 Å². The Balaban J connectivity index is 4.07. The zero-order valence-electron chi connectivity index (χ0n) is 12.1. The van der Waals surface area contributed by atoms with E-state index in [0.717, 1.165) is 13.1 Å². The zero-order chi connectivity index (χ0) is 12.6. The number of unbranched alkanes of at least 4 members (excludes halogenated alkanes) is 3. The number of nitrogens with two attached hydrogens (primary N) is 1. The van der Waals surface area contributed by atoms with Crippen molar-refractivity contribution in [3.05, 3.63) is 0 Å². The topological polar surface area (TPSA) is 29.3 Å². The van der Waals surface area contributed by atoms with Gasteiger partial charge in [0, 0.05) is 18.6 Å². The summed E-state index contributed by atoms with van der Waals surface area (Å²) in [7, 11) is 2.21. The lowest BCUT2D eigenvalue weighted by atomic mass is 9.91. The molecule has 0 aliphatic rings. The summed E-state index contributed by atoms with van der Waals surface area (Å²) in [5.74, 6) is 0.714. The van der Waals surface area contributed by atoms with Crippen LogP contribution in [0.3, 0.4) is 0 Å². The molecule has 0 radical (unpaired) electrons. The number of likely N-dealkylation sites (N-methyl/N-ethyl adjacent to an activating group) is 1. The van der Waals surface area contributed by atoms with Crippen molar-refractivity contribution in [2.24, 2.45) is 11.7 Å². The van der Waals surface area contributed by atoms with Gasteiger partial charge in [-0.05, 0) is 26.3 Å². The van der Waals surface area contributed by atoms with E-state index >= 15 is 0 Å². The van der Waals surface area contributed by atoms with Crippen molar-refractivity contribution < 1.29 is 0 Å². The highest BCUT2D eigenvalue weighted by molar-refractivity contribution is 4.85. The molecule has 0 fully saturated rings. The molecule has 1 atom stereocenters. The van der Waals surface area contributed by atoms with Crippen LogP contribution in [0.1, 0.15) is 59.8 Å². The van der Waals surface area contributed by atoms with Crippen molar-refractivity contribution in [1.29, 1.82) is 0 Å². The summed E-state index contributed by atoms with van der Waals surface area (Å²) < 4.78 is 0. The van der Waals surface area contributed by atoms with Gasteiger partial charge in [-0.15, -0.1) is 0 Å². The minimum absolute atomic E-state index is 0.192. The predicted octanol–water partition coefficient (Wildman–Crippen LogP) is 3.26. The molecule has 0 amide bonds. The first-order valence-corrected chi connectivity index (χ1v) is 6.87. The Morgan fingerprint density at radius 3 is 2.25 bits per heavy atom. The Morgan fingerprint density at radius 1 is 1.19 bits per heavy atom. The summed E-state index contributed by atoms with van der Waals surface area (Å²) in [6, 6.07) is 0. The van der Waals surface area contributed by atoms with Crippen molar-refractivity contribution in [2.75, 3.05) is 20.1 Å². The molecule has 0 saturated carbocycles. The van der Waals surface area contributed by atoms with Gasteiger partial charge in [0.1, 0.15) is 0 Å². The van der Waals surface area contributed by atoms with Crippen molar-refractivity contribution in [3.8, 4) is 0 Å². The molecule has 2 heteroatoms. The summed E-state index contributed by atoms with van der Waals surface area (Å²) >= 11 is 0. The van der Waals surface area contributed by atoms with Gasteiger partial charge in [-0.25, -0.2) is 0 Å². The predicted molar refractivity (Wildman–Crippen MR) is 73.7 cm³/mol. The molecule has 0 aliphatic heterocycles. The van der Waals surface area contributed by atoms with Crippen LogP contribution in [-0.4, -0.2) is 30.6 Å². The standard InChI is InChI=1S/C14H32N2/c1-6-7-8-9-10-14(4,12-15)16(5)11-13(2)3/h13H,6-12,15H2,1-5H3. The van der Waals surface area contributed by atoms with Crippen LogP contribution in [0.2, 0.25) is 0 Å². The van der Waals surface area contributed by atoms with Gasteiger partial charge in [-0.1, -0.05) is 46.5 Å². The maximum atomic E-state index is 5.96. The minimum Gasteiger partial charge on any atom is -0.329 e. The molecule has 2 nitrogen and oxygen atoms in total. The van der Waals surface area contributed by atoms with Gasteiger partial charge in [-0.2, -0.15) is 0 Å². The highest BCUT2D eigenvalue weighted by Crippen LogP contribution is 2.21. The molecule has 0 spiro atoms. The molecule has 16 heavy (non-hydrogen) atoms. The van der Waals surface area contributed by atoms with E-state index in [1.165, 1.54) is 32.1 Å². The van der Waals surface area contributed by atoms with Gasteiger partial charge in [0.05, 0.1) is 0 Å². The molecule has 2 N–H and O–H groups in total. The van der Waals surface area contributed by atoms with Crippen LogP contribution in [0.15, 0.2) is 0 Å². The van der Waals surface area contributed by atoms with E-state index in [9.17, 15) is 0 Å². The highest BCUT2D eigenvalue weighted by Gasteiger charge is 2.27. The number of hydrogen-bond acceptors (Lipinski definition) is 2. The fourth-order valence-electron chi connectivity index (χ4n) is 2.15. The monoisotopic (exact) mass is 228 g/mol. The zero-order valence-corrected chi connectivity index (χ0v) is 12.1. The first-order chi connectivity index (χ1) is 7.46. The van der Waals surface area contributed by atoms with Crippen molar-refractivity contribution in [2.45, 2.75) is 65.3 Å². The summed E-state index contributed by atoms with van der Waals surface area (Å²) in [6.07, 6.45) is 6.55. The molecule has 0 aromatic carbocycles. The van der Waals surface area contributed by atoms with Gasteiger partial charge >= 0.3 is 0 Å². The number of rotatable bonds is 9. The summed E-state index contributed by atoms with van der Waals surface area (Å²) in [5, 5.41) is 0. The van der Waals surface area contributed by atoms with Gasteiger partial charge in [0.15, 0.2) is 0 Å². The van der Waals surface area contributed by atoms with Gasteiger partial charge in [0.25, 0.3) is 0 Å². The summed E-state index contributed by atoms with van der Waals surface area (Å²) in [4.78, 5) is 2.45. The normalized spacial score (nSPS) is 15.8. The van der Waals surface area contributed by atoms with E-state index in [1.54, 1.807) is 0 Å². The first-order valence-electron chi connectivity index (χ1n) is 6.87. The Labute approximate surface area is 103 Å². The Kier molecular flexibility index (Phi) is 8.04. The molecule has 0 bridgehead atoms. The highest BCUT2D eigenvalue weighted by atomic mass is 15.2. The SMILES string of the molecule is CCCCCCC(C)(CN)N(C)CC(C)C. The van der Waals surface area contributed by atoms with Gasteiger partial charge < -0.3 is 5.73 Å². The number of hydrogen-bond donors (Lipinski definition) is 1. The third kappa shape index (κ3) is 5.86. The lowest BCUT2D eigenvalue weighted by Crippen LogP contribution is -2.50. The summed E-state index contributed by atoms with van der Waals surface area (Å²) in [5.41, 5.74) is 6.15. The molecule has 0 aromatic heterocycles. The number of nitrogens with zero attached hydrogens (tertiary/aromatic N) is 1. The van der Waals surface area contributed by atoms with Crippen molar-refractivity contribution in [1.82, 2.24) is 4.90 Å². The third-order valence-corrected chi connectivity index (χ3v) is 3.57. The molecule has 0 heterocycles. The molecule has 98 valence electrons. The average Bonchev–Trinajstić information content (AvgIpc) is 2.23. The molecule has 0 aromatic rings. The Hall–Kier alpha value is -0.0800. The lowest BCUT2D eigenvalue weighted by molar-refractivity contribution is 0.116. The van der Waals surface area contributed by atoms with Crippen LogP contribution in [-0.2, 0) is 0 Å². The van der Waals surface area contributed by atoms with E-state index in [1.807, 2.05) is 0 Å². The Morgan fingerprint density at radius 2 is 1.81 bits per heavy atom. The van der Waals surface area contributed by atoms with Crippen LogP contribution in [0.4, 0.5) is 0 Å². The van der Waals surface area contributed by atoms with E-state index < -0.39 is 0 Å². The fraction of sp³-hybridized carbons (Fsp3) is 1.00. The lowest BCUT2D eigenvalue weighted by Gasteiger charge is -2.39. The van der Waals surface area contributed by atoms with Crippen molar-refractivity contribution >= 4 is 0 Å². The van der Waals surface area contributed by atoms with Crippen LogP contribution in [0, 0.1) is 5.92 Å². The van der Waals surface area contributed by atoms with Crippen LogP contribution < -0.4 is 5.73 Å². The second kappa shape index (κ2) is 8.08. The van der Waals surface area contributed by atoms with Gasteiger partial charge in [-0.3, -0.25) is 4.90 Å². The van der Waals surface area contributed by atoms with Crippen molar-refractivity contribution in [3.63, 3.8) is 0 Å². The second-order valence-corrected chi connectivity index (χ2v) is 5.79. The van der Waals surface area contributed by atoms with Crippen LogP contribution in [0.25, 0.3) is 0 Å².